The number of anilines is 2. The van der Waals surface area contributed by atoms with E-state index in [-0.39, 0.29) is 23.3 Å². The summed E-state index contributed by atoms with van der Waals surface area (Å²) in [6.07, 6.45) is 2.04. The van der Waals surface area contributed by atoms with Crippen molar-refractivity contribution in [3.05, 3.63) is 59.5 Å². The van der Waals surface area contributed by atoms with Gasteiger partial charge in [-0.1, -0.05) is 29.8 Å². The third-order valence-corrected chi connectivity index (χ3v) is 4.88. The summed E-state index contributed by atoms with van der Waals surface area (Å²) in [6, 6.07) is 13.3. The van der Waals surface area contributed by atoms with Crippen molar-refractivity contribution in [3.63, 3.8) is 0 Å². The van der Waals surface area contributed by atoms with Gasteiger partial charge < -0.3 is 15.0 Å². The van der Waals surface area contributed by atoms with E-state index < -0.39 is 0 Å². The molecule has 1 aromatic carbocycles. The maximum absolute atomic E-state index is 13.0. The lowest BCUT2D eigenvalue weighted by molar-refractivity contribution is -0.00517. The van der Waals surface area contributed by atoms with E-state index in [4.69, 9.17) is 16.3 Å². The lowest BCUT2D eigenvalue weighted by Gasteiger charge is -2.37. The number of benzene rings is 1. The third-order valence-electron chi connectivity index (χ3n) is 4.62. The van der Waals surface area contributed by atoms with Crippen LogP contribution in [0.4, 0.5) is 11.4 Å². The number of aromatic nitrogens is 2. The molecule has 2 atom stereocenters. The number of imidazole rings is 1. The Morgan fingerprint density at radius 2 is 1.85 bits per heavy atom. The van der Waals surface area contributed by atoms with Gasteiger partial charge in [-0.15, -0.1) is 0 Å². The molecule has 1 N–H and O–H groups in total. The number of morpholine rings is 1. The molecule has 1 aliphatic rings. The van der Waals surface area contributed by atoms with Crippen LogP contribution in [0.3, 0.4) is 0 Å². The number of ether oxygens (including phenoxy) is 1. The molecule has 2 aromatic heterocycles. The summed E-state index contributed by atoms with van der Waals surface area (Å²) in [7, 11) is 0. The number of nitrogens with one attached hydrogen (secondary N) is 1. The molecular weight excluding hydrogens is 364 g/mol. The van der Waals surface area contributed by atoms with Crippen LogP contribution in [0.15, 0.2) is 48.7 Å². The molecule has 1 amide bonds. The van der Waals surface area contributed by atoms with Crippen LogP contribution in [0, 0.1) is 0 Å². The predicted molar refractivity (Wildman–Crippen MR) is 107 cm³/mol. The second kappa shape index (κ2) is 7.21. The van der Waals surface area contributed by atoms with E-state index in [2.05, 4.69) is 29.0 Å². The van der Waals surface area contributed by atoms with Gasteiger partial charge >= 0.3 is 0 Å². The fourth-order valence-electron chi connectivity index (χ4n) is 3.58. The second-order valence-electron chi connectivity index (χ2n) is 6.81. The molecule has 0 spiro atoms. The molecule has 0 bridgehead atoms. The van der Waals surface area contributed by atoms with Gasteiger partial charge in [0.15, 0.2) is 10.8 Å². The van der Waals surface area contributed by atoms with Crippen molar-refractivity contribution in [1.29, 1.82) is 0 Å². The molecule has 140 valence electrons. The summed E-state index contributed by atoms with van der Waals surface area (Å²) < 4.78 is 7.52. The van der Waals surface area contributed by atoms with Crippen molar-refractivity contribution in [2.75, 3.05) is 23.3 Å². The number of hydrogen-bond donors (Lipinski definition) is 1. The standard InChI is InChI=1S/C20H21ClN4O2/c1-13-11-24(12-14(2)27-13)16-8-4-3-7-15(16)22-20(26)18-19(21)23-17-9-5-6-10-25(17)18/h3-10,13-14H,11-12H2,1-2H3,(H,22,26)/t13-,14-/m1/s1. The van der Waals surface area contributed by atoms with Crippen LogP contribution >= 0.6 is 11.6 Å². The van der Waals surface area contributed by atoms with E-state index in [0.717, 1.165) is 24.5 Å². The van der Waals surface area contributed by atoms with Crippen molar-refractivity contribution in [2.24, 2.45) is 0 Å². The van der Waals surface area contributed by atoms with Gasteiger partial charge in [0.2, 0.25) is 0 Å². The molecule has 4 rings (SSSR count). The molecule has 1 aliphatic heterocycles. The van der Waals surface area contributed by atoms with Crippen LogP contribution in [0.2, 0.25) is 5.15 Å². The maximum Gasteiger partial charge on any atom is 0.275 e. The highest BCUT2D eigenvalue weighted by atomic mass is 35.5. The molecule has 7 heteroatoms. The average molecular weight is 385 g/mol. The van der Waals surface area contributed by atoms with Gasteiger partial charge in [-0.05, 0) is 38.1 Å². The number of nitrogens with zero attached hydrogens (tertiary/aromatic N) is 3. The van der Waals surface area contributed by atoms with Crippen molar-refractivity contribution in [3.8, 4) is 0 Å². The van der Waals surface area contributed by atoms with Gasteiger partial charge in [0.1, 0.15) is 5.65 Å². The van der Waals surface area contributed by atoms with Gasteiger partial charge in [0, 0.05) is 19.3 Å². The molecule has 6 nitrogen and oxygen atoms in total. The summed E-state index contributed by atoms with van der Waals surface area (Å²) >= 11 is 6.24. The molecule has 1 saturated heterocycles. The minimum absolute atomic E-state index is 0.130. The molecule has 3 heterocycles. The third kappa shape index (κ3) is 3.50. The molecule has 1 fully saturated rings. The zero-order valence-corrected chi connectivity index (χ0v) is 16.0. The fraction of sp³-hybridized carbons (Fsp3) is 0.300. The summed E-state index contributed by atoms with van der Waals surface area (Å²) in [5.41, 5.74) is 2.67. The summed E-state index contributed by atoms with van der Waals surface area (Å²) in [4.78, 5) is 19.5. The lowest BCUT2D eigenvalue weighted by atomic mass is 10.1. The maximum atomic E-state index is 13.0. The Morgan fingerprint density at radius 3 is 2.63 bits per heavy atom. The Labute approximate surface area is 162 Å². The van der Waals surface area contributed by atoms with Gasteiger partial charge in [-0.25, -0.2) is 4.98 Å². The van der Waals surface area contributed by atoms with Crippen LogP contribution in [0.1, 0.15) is 24.3 Å². The Morgan fingerprint density at radius 1 is 1.15 bits per heavy atom. The van der Waals surface area contributed by atoms with E-state index in [1.807, 2.05) is 42.5 Å². The molecule has 0 saturated carbocycles. The van der Waals surface area contributed by atoms with Gasteiger partial charge in [0.25, 0.3) is 5.91 Å². The van der Waals surface area contributed by atoms with E-state index >= 15 is 0 Å². The Bertz CT molecular complexity index is 977. The Balaban J connectivity index is 1.65. The topological polar surface area (TPSA) is 58.9 Å². The number of para-hydroxylation sites is 2. The first-order valence-corrected chi connectivity index (χ1v) is 9.34. The first-order chi connectivity index (χ1) is 13.0. The molecular formula is C20H21ClN4O2. The summed E-state index contributed by atoms with van der Waals surface area (Å²) in [5.74, 6) is -0.291. The summed E-state index contributed by atoms with van der Waals surface area (Å²) in [6.45, 7) is 5.66. The van der Waals surface area contributed by atoms with Crippen LogP contribution in [-0.2, 0) is 4.74 Å². The smallest absolute Gasteiger partial charge is 0.275 e. The van der Waals surface area contributed by atoms with E-state index in [1.165, 1.54) is 0 Å². The van der Waals surface area contributed by atoms with E-state index in [1.54, 1.807) is 10.6 Å². The average Bonchev–Trinajstić information content (AvgIpc) is 2.97. The largest absolute Gasteiger partial charge is 0.372 e. The van der Waals surface area contributed by atoms with Crippen molar-refractivity contribution < 1.29 is 9.53 Å². The van der Waals surface area contributed by atoms with Crippen LogP contribution in [0.5, 0.6) is 0 Å². The minimum atomic E-state index is -0.291. The SMILES string of the molecule is C[C@@H]1CN(c2ccccc2NC(=O)c2c(Cl)nc3ccccn23)C[C@@H](C)O1. The predicted octanol–water partition coefficient (Wildman–Crippen LogP) is 3.85. The number of fused-ring (bicyclic) bond motifs is 1. The first-order valence-electron chi connectivity index (χ1n) is 8.96. The summed E-state index contributed by atoms with van der Waals surface area (Å²) in [5, 5.41) is 3.19. The van der Waals surface area contributed by atoms with Crippen LogP contribution in [0.25, 0.3) is 5.65 Å². The number of carbonyl (C=O) groups excluding carboxylic acids is 1. The number of halogens is 1. The Hall–Kier alpha value is -2.57. The number of pyridine rings is 1. The zero-order chi connectivity index (χ0) is 19.0. The monoisotopic (exact) mass is 384 g/mol. The molecule has 0 radical (unpaired) electrons. The molecule has 27 heavy (non-hydrogen) atoms. The van der Waals surface area contributed by atoms with Crippen LogP contribution in [-0.4, -0.2) is 40.6 Å². The highest BCUT2D eigenvalue weighted by Crippen LogP contribution is 2.29. The fourth-order valence-corrected chi connectivity index (χ4v) is 3.84. The highest BCUT2D eigenvalue weighted by molar-refractivity contribution is 6.33. The number of carbonyl (C=O) groups is 1. The number of amides is 1. The van der Waals surface area contributed by atoms with Gasteiger partial charge in [-0.3, -0.25) is 9.20 Å². The van der Waals surface area contributed by atoms with E-state index in [0.29, 0.717) is 11.3 Å². The van der Waals surface area contributed by atoms with Crippen LogP contribution < -0.4 is 10.2 Å². The number of hydrogen-bond acceptors (Lipinski definition) is 4. The van der Waals surface area contributed by atoms with Gasteiger partial charge in [0.05, 0.1) is 23.6 Å². The van der Waals surface area contributed by atoms with Crippen molar-refractivity contribution in [2.45, 2.75) is 26.1 Å². The molecule has 0 aliphatic carbocycles. The zero-order valence-electron chi connectivity index (χ0n) is 15.2. The van der Waals surface area contributed by atoms with Crippen molar-refractivity contribution in [1.82, 2.24) is 9.38 Å². The number of rotatable bonds is 3. The normalized spacial score (nSPS) is 20.0. The minimum Gasteiger partial charge on any atom is -0.372 e. The van der Waals surface area contributed by atoms with E-state index in [9.17, 15) is 4.79 Å². The first kappa shape index (κ1) is 17.8. The van der Waals surface area contributed by atoms with Crippen molar-refractivity contribution >= 4 is 34.5 Å². The molecule has 3 aromatic rings. The lowest BCUT2D eigenvalue weighted by Crippen LogP contribution is -2.45. The Kier molecular flexibility index (Phi) is 4.76. The van der Waals surface area contributed by atoms with Gasteiger partial charge in [-0.2, -0.15) is 0 Å². The quantitative estimate of drug-likeness (QED) is 0.745. The highest BCUT2D eigenvalue weighted by Gasteiger charge is 2.25. The second-order valence-corrected chi connectivity index (χ2v) is 7.17. The molecule has 0 unspecified atom stereocenters.